The first-order valence-corrected chi connectivity index (χ1v) is 8.16. The van der Waals surface area contributed by atoms with Crippen molar-refractivity contribution in [2.24, 2.45) is 10.7 Å². The van der Waals surface area contributed by atoms with Crippen LogP contribution in [0.1, 0.15) is 51.0 Å². The molecule has 5 heteroatoms. The van der Waals surface area contributed by atoms with E-state index in [0.717, 1.165) is 18.4 Å². The molecular weight excluding hydrogens is 281 g/mol. The summed E-state index contributed by atoms with van der Waals surface area (Å²) in [4.78, 5) is 4.31. The van der Waals surface area contributed by atoms with Gasteiger partial charge in [-0.2, -0.15) is 0 Å². The van der Waals surface area contributed by atoms with Crippen LogP contribution in [0.5, 0.6) is 5.75 Å². The lowest BCUT2D eigenvalue weighted by Crippen LogP contribution is -2.39. The van der Waals surface area contributed by atoms with Gasteiger partial charge in [-0.15, -0.1) is 0 Å². The van der Waals surface area contributed by atoms with Crippen LogP contribution < -0.4 is 15.8 Å². The summed E-state index contributed by atoms with van der Waals surface area (Å²) in [5, 5.41) is 3.28. The third kappa shape index (κ3) is 5.20. The Hall–Kier alpha value is -1.78. The first kappa shape index (κ1) is 16.6. The fourth-order valence-electron chi connectivity index (χ4n) is 2.77. The summed E-state index contributed by atoms with van der Waals surface area (Å²) in [5.41, 5.74) is 6.72. The van der Waals surface area contributed by atoms with Gasteiger partial charge in [-0.25, -0.2) is 9.38 Å². The molecule has 122 valence electrons. The predicted octanol–water partition coefficient (Wildman–Crippen LogP) is 3.35. The minimum Gasteiger partial charge on any atom is -0.491 e. The number of nitrogens with two attached hydrogens (primary N) is 1. The summed E-state index contributed by atoms with van der Waals surface area (Å²) >= 11 is 0. The van der Waals surface area contributed by atoms with Gasteiger partial charge in [0.15, 0.2) is 17.5 Å². The van der Waals surface area contributed by atoms with Crippen LogP contribution in [0.2, 0.25) is 0 Å². The predicted molar refractivity (Wildman–Crippen MR) is 87.5 cm³/mol. The first-order valence-electron chi connectivity index (χ1n) is 8.16. The van der Waals surface area contributed by atoms with Crippen molar-refractivity contribution in [3.05, 3.63) is 29.6 Å². The van der Waals surface area contributed by atoms with Gasteiger partial charge in [0.1, 0.15) is 0 Å². The normalized spacial score (nSPS) is 17.1. The number of ether oxygens (including phenoxy) is 1. The van der Waals surface area contributed by atoms with Gasteiger partial charge < -0.3 is 15.8 Å². The number of nitrogens with zero attached hydrogens (tertiary/aromatic N) is 1. The summed E-state index contributed by atoms with van der Waals surface area (Å²) in [6.45, 7) is 2.65. The summed E-state index contributed by atoms with van der Waals surface area (Å²) in [6, 6.07) is 5.33. The highest BCUT2D eigenvalue weighted by atomic mass is 19.1. The van der Waals surface area contributed by atoms with Gasteiger partial charge in [-0.1, -0.05) is 31.7 Å². The molecule has 1 fully saturated rings. The third-order valence-electron chi connectivity index (χ3n) is 3.94. The highest BCUT2D eigenvalue weighted by Gasteiger charge is 2.12. The van der Waals surface area contributed by atoms with Crippen LogP contribution >= 0.6 is 0 Å². The van der Waals surface area contributed by atoms with Crippen molar-refractivity contribution < 1.29 is 9.13 Å². The number of aliphatic imine (C=N–C) groups is 1. The number of halogens is 1. The van der Waals surface area contributed by atoms with Crippen molar-refractivity contribution in [3.8, 4) is 5.75 Å². The van der Waals surface area contributed by atoms with Crippen molar-refractivity contribution in [1.82, 2.24) is 5.32 Å². The maximum atomic E-state index is 13.8. The second kappa shape index (κ2) is 8.61. The Balaban J connectivity index is 1.88. The molecular formula is C17H26FN3O. The fraction of sp³-hybridized carbons (Fsp3) is 0.588. The second-order valence-corrected chi connectivity index (χ2v) is 5.73. The lowest BCUT2D eigenvalue weighted by atomic mass is 10.1. The van der Waals surface area contributed by atoms with Gasteiger partial charge in [-0.3, -0.25) is 0 Å². The fourth-order valence-corrected chi connectivity index (χ4v) is 2.77. The molecule has 1 aromatic rings. The van der Waals surface area contributed by atoms with E-state index >= 15 is 0 Å². The molecule has 0 amide bonds. The van der Waals surface area contributed by atoms with Crippen molar-refractivity contribution >= 4 is 5.96 Å². The van der Waals surface area contributed by atoms with E-state index in [0.29, 0.717) is 25.2 Å². The number of benzene rings is 1. The van der Waals surface area contributed by atoms with Crippen LogP contribution in [0.25, 0.3) is 0 Å². The Morgan fingerprint density at radius 3 is 2.68 bits per heavy atom. The second-order valence-electron chi connectivity index (χ2n) is 5.73. The number of guanidine groups is 1. The molecule has 3 N–H and O–H groups in total. The topological polar surface area (TPSA) is 59.6 Å². The molecule has 0 spiro atoms. The quantitative estimate of drug-likeness (QED) is 0.498. The van der Waals surface area contributed by atoms with Gasteiger partial charge in [0, 0.05) is 6.04 Å². The van der Waals surface area contributed by atoms with Crippen LogP contribution in [-0.4, -0.2) is 18.6 Å². The van der Waals surface area contributed by atoms with Crippen molar-refractivity contribution in [3.63, 3.8) is 0 Å². The van der Waals surface area contributed by atoms with E-state index in [1.165, 1.54) is 31.7 Å². The number of hydrogen-bond acceptors (Lipinski definition) is 2. The minimum absolute atomic E-state index is 0.278. The zero-order valence-electron chi connectivity index (χ0n) is 13.3. The molecule has 0 aromatic heterocycles. The zero-order valence-corrected chi connectivity index (χ0v) is 13.3. The largest absolute Gasteiger partial charge is 0.491 e. The van der Waals surface area contributed by atoms with Crippen molar-refractivity contribution in [2.75, 3.05) is 6.61 Å². The van der Waals surface area contributed by atoms with Gasteiger partial charge in [0.2, 0.25) is 0 Å². The maximum Gasteiger partial charge on any atom is 0.189 e. The highest BCUT2D eigenvalue weighted by molar-refractivity contribution is 5.78. The SMILES string of the molecule is CCOc1ccc(CN=C(N)NC2CCCCCC2)cc1F. The molecule has 0 bridgehead atoms. The van der Waals surface area contributed by atoms with Crippen LogP contribution in [0.4, 0.5) is 4.39 Å². The van der Waals surface area contributed by atoms with E-state index in [9.17, 15) is 4.39 Å². The zero-order chi connectivity index (χ0) is 15.8. The van der Waals surface area contributed by atoms with Gasteiger partial charge in [0.25, 0.3) is 0 Å². The Labute approximate surface area is 132 Å². The van der Waals surface area contributed by atoms with Crippen LogP contribution in [0, 0.1) is 5.82 Å². The summed E-state index contributed by atoms with van der Waals surface area (Å²) in [5.74, 6) is 0.367. The first-order chi connectivity index (χ1) is 10.7. The molecule has 0 radical (unpaired) electrons. The Morgan fingerprint density at radius 1 is 1.32 bits per heavy atom. The smallest absolute Gasteiger partial charge is 0.189 e. The van der Waals surface area contributed by atoms with Crippen LogP contribution in [0.15, 0.2) is 23.2 Å². The molecule has 1 aliphatic carbocycles. The van der Waals surface area contributed by atoms with E-state index < -0.39 is 0 Å². The van der Waals surface area contributed by atoms with Crippen molar-refractivity contribution in [2.45, 2.75) is 58.0 Å². The molecule has 0 unspecified atom stereocenters. The Morgan fingerprint density at radius 2 is 2.05 bits per heavy atom. The summed E-state index contributed by atoms with van der Waals surface area (Å²) in [6.07, 6.45) is 7.40. The number of nitrogens with one attached hydrogen (secondary N) is 1. The molecule has 1 aliphatic rings. The molecule has 0 heterocycles. The van der Waals surface area contributed by atoms with Gasteiger partial charge >= 0.3 is 0 Å². The lowest BCUT2D eigenvalue weighted by Gasteiger charge is -2.16. The molecule has 4 nitrogen and oxygen atoms in total. The van der Waals surface area contributed by atoms with E-state index in [1.54, 1.807) is 6.07 Å². The number of hydrogen-bond donors (Lipinski definition) is 2. The lowest BCUT2D eigenvalue weighted by molar-refractivity contribution is 0.321. The van der Waals surface area contributed by atoms with E-state index in [1.807, 2.05) is 13.0 Å². The summed E-state index contributed by atoms with van der Waals surface area (Å²) < 4.78 is 18.9. The van der Waals surface area contributed by atoms with Crippen molar-refractivity contribution in [1.29, 1.82) is 0 Å². The average molecular weight is 307 g/mol. The maximum absolute atomic E-state index is 13.8. The standard InChI is InChI=1S/C17H26FN3O/c1-2-22-16-10-9-13(11-15(16)18)12-20-17(19)21-14-7-5-3-4-6-8-14/h9-11,14H,2-8,12H2,1H3,(H3,19,20,21). The molecule has 1 saturated carbocycles. The average Bonchev–Trinajstić information content (AvgIpc) is 2.76. The monoisotopic (exact) mass is 307 g/mol. The molecule has 0 saturated heterocycles. The van der Waals surface area contributed by atoms with E-state index in [2.05, 4.69) is 10.3 Å². The van der Waals surface area contributed by atoms with Gasteiger partial charge in [0.05, 0.1) is 13.2 Å². The highest BCUT2D eigenvalue weighted by Crippen LogP contribution is 2.19. The van der Waals surface area contributed by atoms with Gasteiger partial charge in [-0.05, 0) is 37.5 Å². The molecule has 2 rings (SSSR count). The molecule has 0 aliphatic heterocycles. The molecule has 0 atom stereocenters. The minimum atomic E-state index is -0.357. The van der Waals surface area contributed by atoms with Crippen LogP contribution in [0.3, 0.4) is 0 Å². The summed E-state index contributed by atoms with van der Waals surface area (Å²) in [7, 11) is 0. The third-order valence-corrected chi connectivity index (χ3v) is 3.94. The van der Waals surface area contributed by atoms with E-state index in [4.69, 9.17) is 10.5 Å². The molecule has 22 heavy (non-hydrogen) atoms. The number of rotatable bonds is 5. The van der Waals surface area contributed by atoms with E-state index in [-0.39, 0.29) is 11.6 Å². The van der Waals surface area contributed by atoms with Crippen LogP contribution in [-0.2, 0) is 6.54 Å². The Kier molecular flexibility index (Phi) is 6.49. The Bertz CT molecular complexity index is 497. The molecule has 1 aromatic carbocycles.